The Morgan fingerprint density at radius 2 is 1.69 bits per heavy atom. The number of piperazine rings is 1. The summed E-state index contributed by atoms with van der Waals surface area (Å²) >= 11 is 0. The first-order chi connectivity index (χ1) is 18.7. The number of hydrogen-bond donors (Lipinski definition) is 1. The van der Waals surface area contributed by atoms with E-state index in [4.69, 9.17) is 9.47 Å². The summed E-state index contributed by atoms with van der Waals surface area (Å²) in [5.74, 6) is 1.47. The lowest BCUT2D eigenvalue weighted by Gasteiger charge is -2.40. The molecular formula is C28H34FN7O3. The van der Waals surface area contributed by atoms with Gasteiger partial charge in [0.2, 0.25) is 0 Å². The van der Waals surface area contributed by atoms with Crippen LogP contribution in [-0.2, 0) is 5.54 Å². The van der Waals surface area contributed by atoms with Crippen LogP contribution in [-0.4, -0.2) is 70.5 Å². The van der Waals surface area contributed by atoms with Gasteiger partial charge in [-0.2, -0.15) is 0 Å². The standard InChI is InChI=1S/C28H34FN7O3/c1-6-28(2,3)36-26(31-32-33-36)25(35-13-11-34(12-14-35)20-9-7-19(29)8-10-20)21-15-18-16-23(38-4)24(39-5)17-22(18)30-27(21)37/h7-10,15-17,25H,6,11-14H2,1-5H3,(H,30,37)/t25-/m1/s1. The van der Waals surface area contributed by atoms with Gasteiger partial charge in [0.05, 0.1) is 25.3 Å². The van der Waals surface area contributed by atoms with Crippen LogP contribution in [0.1, 0.15) is 44.6 Å². The molecule has 10 nitrogen and oxygen atoms in total. The first-order valence-electron chi connectivity index (χ1n) is 13.1. The van der Waals surface area contributed by atoms with Crippen molar-refractivity contribution >= 4 is 16.6 Å². The molecule has 1 aliphatic rings. The number of aromatic amines is 1. The number of ether oxygens (including phenoxy) is 2. The van der Waals surface area contributed by atoms with Crippen molar-refractivity contribution in [3.05, 3.63) is 70.0 Å². The Kier molecular flexibility index (Phi) is 7.26. The lowest BCUT2D eigenvalue weighted by atomic mass is 9.98. The van der Waals surface area contributed by atoms with Gasteiger partial charge in [0.1, 0.15) is 11.9 Å². The molecule has 0 aliphatic carbocycles. The minimum atomic E-state index is -0.484. The molecule has 2 aromatic carbocycles. The summed E-state index contributed by atoms with van der Waals surface area (Å²) in [6, 6.07) is 11.6. The second kappa shape index (κ2) is 10.6. The molecular weight excluding hydrogens is 501 g/mol. The number of methoxy groups -OCH3 is 2. The van der Waals surface area contributed by atoms with E-state index in [1.54, 1.807) is 32.4 Å². The number of benzene rings is 2. The summed E-state index contributed by atoms with van der Waals surface area (Å²) in [6.45, 7) is 8.98. The Labute approximate surface area is 226 Å². The predicted octanol–water partition coefficient (Wildman–Crippen LogP) is 3.73. The molecule has 206 valence electrons. The van der Waals surface area contributed by atoms with E-state index < -0.39 is 6.04 Å². The van der Waals surface area contributed by atoms with Crippen LogP contribution >= 0.6 is 0 Å². The minimum absolute atomic E-state index is 0.218. The van der Waals surface area contributed by atoms with Crippen molar-refractivity contribution in [1.82, 2.24) is 30.1 Å². The minimum Gasteiger partial charge on any atom is -0.493 e. The van der Waals surface area contributed by atoms with Gasteiger partial charge in [0, 0.05) is 48.9 Å². The highest BCUT2D eigenvalue weighted by atomic mass is 19.1. The maximum Gasteiger partial charge on any atom is 0.253 e. The molecule has 0 saturated carbocycles. The third kappa shape index (κ3) is 5.06. The number of tetrazole rings is 1. The van der Waals surface area contributed by atoms with Gasteiger partial charge in [-0.05, 0) is 67.1 Å². The maximum absolute atomic E-state index is 13.6. The van der Waals surface area contributed by atoms with Crippen molar-refractivity contribution in [2.45, 2.75) is 38.8 Å². The second-order valence-electron chi connectivity index (χ2n) is 10.4. The Balaban J connectivity index is 1.58. The summed E-state index contributed by atoms with van der Waals surface area (Å²) in [6.07, 6.45) is 0.807. The molecule has 0 radical (unpaired) electrons. The second-order valence-corrected chi connectivity index (χ2v) is 10.4. The number of rotatable bonds is 8. The molecule has 2 aromatic heterocycles. The van der Waals surface area contributed by atoms with Crippen LogP contribution in [0.25, 0.3) is 10.9 Å². The number of pyridine rings is 1. The average molecular weight is 536 g/mol. The Morgan fingerprint density at radius 1 is 1.03 bits per heavy atom. The zero-order valence-electron chi connectivity index (χ0n) is 22.9. The van der Waals surface area contributed by atoms with Crippen LogP contribution in [0.5, 0.6) is 11.5 Å². The van der Waals surface area contributed by atoms with Gasteiger partial charge < -0.3 is 19.4 Å². The highest BCUT2D eigenvalue weighted by molar-refractivity contribution is 5.83. The summed E-state index contributed by atoms with van der Waals surface area (Å²) in [5.41, 5.74) is 1.59. The van der Waals surface area contributed by atoms with E-state index in [-0.39, 0.29) is 16.9 Å². The van der Waals surface area contributed by atoms with Gasteiger partial charge in [-0.3, -0.25) is 9.69 Å². The first-order valence-corrected chi connectivity index (χ1v) is 13.1. The largest absolute Gasteiger partial charge is 0.493 e. The Morgan fingerprint density at radius 3 is 2.33 bits per heavy atom. The lowest BCUT2D eigenvalue weighted by molar-refractivity contribution is 0.186. The van der Waals surface area contributed by atoms with Crippen molar-refractivity contribution in [3.63, 3.8) is 0 Å². The highest BCUT2D eigenvalue weighted by Gasteiger charge is 2.35. The van der Waals surface area contributed by atoms with E-state index in [0.29, 0.717) is 54.6 Å². The predicted molar refractivity (Wildman–Crippen MR) is 147 cm³/mol. The van der Waals surface area contributed by atoms with E-state index >= 15 is 0 Å². The van der Waals surface area contributed by atoms with Crippen molar-refractivity contribution in [3.8, 4) is 11.5 Å². The third-order valence-corrected chi connectivity index (χ3v) is 7.72. The number of nitrogens with one attached hydrogen (secondary N) is 1. The van der Waals surface area contributed by atoms with E-state index in [2.05, 4.69) is 51.1 Å². The molecule has 5 rings (SSSR count). The van der Waals surface area contributed by atoms with Crippen LogP contribution in [0, 0.1) is 5.82 Å². The van der Waals surface area contributed by atoms with Crippen LogP contribution in [0.15, 0.2) is 47.3 Å². The molecule has 0 amide bonds. The molecule has 0 spiro atoms. The highest BCUT2D eigenvalue weighted by Crippen LogP contribution is 2.35. The fourth-order valence-electron chi connectivity index (χ4n) is 5.09. The SMILES string of the molecule is CCC(C)(C)n1nnnc1[C@@H](c1cc2cc(OC)c(OC)cc2[nH]c1=O)N1CCN(c2ccc(F)cc2)CC1. The van der Waals surface area contributed by atoms with Gasteiger partial charge in [0.15, 0.2) is 17.3 Å². The smallest absolute Gasteiger partial charge is 0.253 e. The molecule has 1 atom stereocenters. The van der Waals surface area contributed by atoms with Crippen LogP contribution in [0.3, 0.4) is 0 Å². The van der Waals surface area contributed by atoms with Gasteiger partial charge in [-0.1, -0.05) is 6.92 Å². The Bertz CT molecular complexity index is 1510. The van der Waals surface area contributed by atoms with Crippen LogP contribution < -0.4 is 19.9 Å². The van der Waals surface area contributed by atoms with Crippen LogP contribution in [0.4, 0.5) is 10.1 Å². The summed E-state index contributed by atoms with van der Waals surface area (Å²) in [7, 11) is 3.15. The monoisotopic (exact) mass is 535 g/mol. The molecule has 1 fully saturated rings. The molecule has 1 aliphatic heterocycles. The summed E-state index contributed by atoms with van der Waals surface area (Å²) < 4.78 is 26.2. The molecule has 1 N–H and O–H groups in total. The molecule has 39 heavy (non-hydrogen) atoms. The zero-order chi connectivity index (χ0) is 27.7. The Hall–Kier alpha value is -3.99. The van der Waals surface area contributed by atoms with Gasteiger partial charge >= 0.3 is 0 Å². The molecule has 0 bridgehead atoms. The van der Waals surface area contributed by atoms with E-state index in [9.17, 15) is 9.18 Å². The first kappa shape index (κ1) is 26.6. The average Bonchev–Trinajstić information content (AvgIpc) is 3.44. The summed E-state index contributed by atoms with van der Waals surface area (Å²) in [4.78, 5) is 21.1. The number of anilines is 1. The fourth-order valence-corrected chi connectivity index (χ4v) is 5.09. The number of H-pyrrole nitrogens is 1. The fraction of sp³-hybridized carbons (Fsp3) is 0.429. The van der Waals surface area contributed by atoms with Crippen molar-refractivity contribution < 1.29 is 13.9 Å². The van der Waals surface area contributed by atoms with Crippen molar-refractivity contribution in [2.75, 3.05) is 45.3 Å². The maximum atomic E-state index is 13.6. The van der Waals surface area contributed by atoms with Crippen molar-refractivity contribution in [2.24, 2.45) is 0 Å². The molecule has 4 aromatic rings. The number of hydrogen-bond acceptors (Lipinski definition) is 8. The quantitative estimate of drug-likeness (QED) is 0.364. The molecule has 0 unspecified atom stereocenters. The normalized spacial score (nSPS) is 15.5. The van der Waals surface area contributed by atoms with Gasteiger partial charge in [-0.15, -0.1) is 5.10 Å². The number of halogens is 1. The van der Waals surface area contributed by atoms with Gasteiger partial charge in [0.25, 0.3) is 5.56 Å². The topological polar surface area (TPSA) is 101 Å². The van der Waals surface area contributed by atoms with Crippen LogP contribution in [0.2, 0.25) is 0 Å². The number of fused-ring (bicyclic) bond motifs is 1. The van der Waals surface area contributed by atoms with Crippen molar-refractivity contribution in [1.29, 1.82) is 0 Å². The molecule has 3 heterocycles. The third-order valence-electron chi connectivity index (χ3n) is 7.72. The summed E-state index contributed by atoms with van der Waals surface area (Å²) in [5, 5.41) is 13.6. The zero-order valence-corrected chi connectivity index (χ0v) is 22.9. The molecule has 11 heteroatoms. The van der Waals surface area contributed by atoms with E-state index in [1.807, 2.05) is 16.8 Å². The number of aromatic nitrogens is 5. The lowest BCUT2D eigenvalue weighted by Crippen LogP contribution is -2.49. The van der Waals surface area contributed by atoms with E-state index in [1.165, 1.54) is 12.1 Å². The van der Waals surface area contributed by atoms with E-state index in [0.717, 1.165) is 17.5 Å². The molecule has 1 saturated heterocycles. The number of nitrogens with zero attached hydrogens (tertiary/aromatic N) is 6. The van der Waals surface area contributed by atoms with Gasteiger partial charge in [-0.25, -0.2) is 9.07 Å².